The number of amides is 1. The van der Waals surface area contributed by atoms with Crippen molar-refractivity contribution >= 4 is 23.5 Å². The van der Waals surface area contributed by atoms with Crippen molar-refractivity contribution in [2.75, 3.05) is 31.1 Å². The van der Waals surface area contributed by atoms with Crippen molar-refractivity contribution in [1.82, 2.24) is 29.6 Å². The number of piperidine rings is 1. The number of rotatable bonds is 8. The van der Waals surface area contributed by atoms with Crippen LogP contribution in [0.25, 0.3) is 0 Å². The fourth-order valence-corrected chi connectivity index (χ4v) is 5.92. The average molecular weight is 540 g/mol. The molecule has 2 aliphatic heterocycles. The zero-order chi connectivity index (χ0) is 26.1. The van der Waals surface area contributed by atoms with Crippen molar-refractivity contribution in [3.63, 3.8) is 0 Å². The van der Waals surface area contributed by atoms with Crippen molar-refractivity contribution in [2.45, 2.75) is 45.2 Å². The number of anilines is 1. The second-order valence-electron chi connectivity index (χ2n) is 10.5. The van der Waals surface area contributed by atoms with Crippen LogP contribution < -0.4 is 9.64 Å². The number of ether oxygens (including phenoxy) is 1. The minimum absolute atomic E-state index is 0.0208. The lowest BCUT2D eigenvalue weighted by atomic mass is 9.90. The third kappa shape index (κ3) is 5.60. The lowest BCUT2D eigenvalue weighted by Gasteiger charge is -2.32. The topological polar surface area (TPSA) is 89.3 Å². The summed E-state index contributed by atoms with van der Waals surface area (Å²) >= 11 is 5.90. The number of benzene rings is 1. The Labute approximate surface area is 226 Å². The van der Waals surface area contributed by atoms with Gasteiger partial charge < -0.3 is 19.1 Å². The van der Waals surface area contributed by atoms with Gasteiger partial charge in [-0.2, -0.15) is 0 Å². The van der Waals surface area contributed by atoms with Gasteiger partial charge in [0.2, 0.25) is 11.9 Å². The molecule has 0 radical (unpaired) electrons. The lowest BCUT2D eigenvalue weighted by Crippen LogP contribution is -2.39. The fraction of sp³-hybridized carbons (Fsp3) is 0.519. The van der Waals surface area contributed by atoms with E-state index in [-0.39, 0.29) is 12.3 Å². The van der Waals surface area contributed by atoms with E-state index in [4.69, 9.17) is 16.3 Å². The smallest absolute Gasteiger partial charge is 0.227 e. The molecule has 1 aliphatic carbocycles. The molecule has 3 aromatic rings. The zero-order valence-corrected chi connectivity index (χ0v) is 21.9. The Morgan fingerprint density at radius 3 is 2.74 bits per heavy atom. The molecule has 1 saturated carbocycles. The Kier molecular flexibility index (Phi) is 7.14. The molecule has 2 aromatic heterocycles. The van der Waals surface area contributed by atoms with Crippen LogP contribution in [0, 0.1) is 23.6 Å². The molecule has 9 nitrogen and oxygen atoms in total. The fourth-order valence-electron chi connectivity index (χ4n) is 5.82. The second kappa shape index (κ2) is 10.8. The lowest BCUT2D eigenvalue weighted by molar-refractivity contribution is -0.132. The molecule has 0 bridgehead atoms. The van der Waals surface area contributed by atoms with Crippen LogP contribution in [0.2, 0.25) is 5.02 Å². The van der Waals surface area contributed by atoms with Crippen molar-refractivity contribution in [1.29, 1.82) is 0 Å². The summed E-state index contributed by atoms with van der Waals surface area (Å²) < 4.78 is 22.6. The van der Waals surface area contributed by atoms with Crippen molar-refractivity contribution in [2.24, 2.45) is 17.8 Å². The zero-order valence-electron chi connectivity index (χ0n) is 21.2. The highest BCUT2D eigenvalue weighted by Crippen LogP contribution is 2.49. The summed E-state index contributed by atoms with van der Waals surface area (Å²) in [7, 11) is 0. The summed E-state index contributed by atoms with van der Waals surface area (Å²) in [5.74, 6) is 3.66. The molecule has 1 saturated heterocycles. The first kappa shape index (κ1) is 25.0. The SMILES string of the molecule is O=C(Cc1ccc(OCC[C@@H]2C[C@@H]2C2CCN(c3ncc(Cl)cn3)CC2)cc1F)N1CCn2cnnc2C1. The maximum atomic E-state index is 14.7. The summed E-state index contributed by atoms with van der Waals surface area (Å²) in [6.07, 6.45) is 9.51. The van der Waals surface area contributed by atoms with Gasteiger partial charge in [-0.25, -0.2) is 14.4 Å². The maximum absolute atomic E-state index is 14.7. The van der Waals surface area contributed by atoms with Gasteiger partial charge in [0.1, 0.15) is 17.9 Å². The summed E-state index contributed by atoms with van der Waals surface area (Å²) in [6, 6.07) is 4.82. The molecule has 0 spiro atoms. The van der Waals surface area contributed by atoms with E-state index in [2.05, 4.69) is 25.1 Å². The molecule has 4 heterocycles. The van der Waals surface area contributed by atoms with E-state index >= 15 is 0 Å². The standard InChI is InChI=1S/C27H31ClFN7O2/c28-21-14-30-27(31-15-21)34-6-3-18(4-7-34)23-11-19(23)5-10-38-22-2-1-20(24(29)13-22)12-26(37)35-8-9-36-17-32-33-25(36)16-35/h1-2,13-15,17-19,23H,3-12,16H2/t19-,23-/m1/s1. The molecule has 2 fully saturated rings. The minimum Gasteiger partial charge on any atom is -0.493 e. The third-order valence-electron chi connectivity index (χ3n) is 8.13. The van der Waals surface area contributed by atoms with Gasteiger partial charge in [0.15, 0.2) is 5.82 Å². The van der Waals surface area contributed by atoms with E-state index < -0.39 is 5.82 Å². The summed E-state index contributed by atoms with van der Waals surface area (Å²) in [5, 5.41) is 8.47. The van der Waals surface area contributed by atoms with Gasteiger partial charge in [0.05, 0.1) is 37.0 Å². The Balaban J connectivity index is 0.921. The van der Waals surface area contributed by atoms with Crippen LogP contribution in [0.3, 0.4) is 0 Å². The normalized spacial score (nSPS) is 21.3. The van der Waals surface area contributed by atoms with Gasteiger partial charge in [-0.3, -0.25) is 4.79 Å². The van der Waals surface area contributed by atoms with Gasteiger partial charge in [0, 0.05) is 32.2 Å². The molecule has 1 amide bonds. The molecule has 0 unspecified atom stereocenters. The third-order valence-corrected chi connectivity index (χ3v) is 8.32. The summed E-state index contributed by atoms with van der Waals surface area (Å²) in [6.45, 7) is 4.15. The highest BCUT2D eigenvalue weighted by molar-refractivity contribution is 6.30. The van der Waals surface area contributed by atoms with E-state index in [1.807, 2.05) is 4.57 Å². The van der Waals surface area contributed by atoms with E-state index in [1.54, 1.807) is 35.8 Å². The van der Waals surface area contributed by atoms with Gasteiger partial charge in [-0.15, -0.1) is 10.2 Å². The van der Waals surface area contributed by atoms with Crippen LogP contribution in [0.15, 0.2) is 36.9 Å². The number of aromatic nitrogens is 5. The van der Waals surface area contributed by atoms with E-state index in [9.17, 15) is 9.18 Å². The Morgan fingerprint density at radius 1 is 1.13 bits per heavy atom. The molecule has 6 rings (SSSR count). The van der Waals surface area contributed by atoms with Gasteiger partial charge >= 0.3 is 0 Å². The van der Waals surface area contributed by atoms with Crippen molar-refractivity contribution in [3.8, 4) is 5.75 Å². The average Bonchev–Trinajstić information content (AvgIpc) is 3.55. The number of carbonyl (C=O) groups is 1. The largest absolute Gasteiger partial charge is 0.493 e. The van der Waals surface area contributed by atoms with E-state index in [0.29, 0.717) is 48.5 Å². The van der Waals surface area contributed by atoms with Crippen LogP contribution >= 0.6 is 11.6 Å². The van der Waals surface area contributed by atoms with Crippen LogP contribution in [0.1, 0.15) is 37.1 Å². The molecular weight excluding hydrogens is 509 g/mol. The van der Waals surface area contributed by atoms with E-state index in [0.717, 1.165) is 56.0 Å². The van der Waals surface area contributed by atoms with Crippen LogP contribution in [-0.2, 0) is 24.3 Å². The van der Waals surface area contributed by atoms with Gasteiger partial charge in [-0.05, 0) is 55.1 Å². The summed E-state index contributed by atoms with van der Waals surface area (Å²) in [4.78, 5) is 25.3. The van der Waals surface area contributed by atoms with Gasteiger partial charge in [0.25, 0.3) is 0 Å². The molecule has 0 N–H and O–H groups in total. The molecule has 38 heavy (non-hydrogen) atoms. The molecule has 3 aliphatic rings. The number of nitrogens with zero attached hydrogens (tertiary/aromatic N) is 7. The minimum atomic E-state index is -0.406. The van der Waals surface area contributed by atoms with E-state index in [1.165, 1.54) is 12.5 Å². The maximum Gasteiger partial charge on any atom is 0.227 e. The summed E-state index contributed by atoms with van der Waals surface area (Å²) in [5.41, 5.74) is 0.381. The number of fused-ring (bicyclic) bond motifs is 1. The highest BCUT2D eigenvalue weighted by atomic mass is 35.5. The first-order valence-electron chi connectivity index (χ1n) is 13.3. The molecule has 11 heteroatoms. The highest BCUT2D eigenvalue weighted by Gasteiger charge is 2.43. The van der Waals surface area contributed by atoms with Gasteiger partial charge in [-0.1, -0.05) is 17.7 Å². The molecule has 200 valence electrons. The number of hydrogen-bond donors (Lipinski definition) is 0. The first-order chi connectivity index (χ1) is 18.5. The van der Waals surface area contributed by atoms with Crippen molar-refractivity contribution in [3.05, 3.63) is 59.1 Å². The molecule has 1 aromatic carbocycles. The Morgan fingerprint density at radius 2 is 1.95 bits per heavy atom. The first-order valence-corrected chi connectivity index (χ1v) is 13.7. The number of carbonyl (C=O) groups excluding carboxylic acids is 1. The Bertz CT molecular complexity index is 1280. The number of hydrogen-bond acceptors (Lipinski definition) is 7. The monoisotopic (exact) mass is 539 g/mol. The molecular formula is C27H31ClFN7O2. The predicted octanol–water partition coefficient (Wildman–Crippen LogP) is 3.77. The molecule has 2 atom stereocenters. The Hall–Kier alpha value is -3.27. The predicted molar refractivity (Wildman–Crippen MR) is 139 cm³/mol. The van der Waals surface area contributed by atoms with Crippen molar-refractivity contribution < 1.29 is 13.9 Å². The van der Waals surface area contributed by atoms with Crippen LogP contribution in [0.4, 0.5) is 10.3 Å². The van der Waals surface area contributed by atoms with Crippen LogP contribution in [0.5, 0.6) is 5.75 Å². The number of halogens is 2. The van der Waals surface area contributed by atoms with Crippen LogP contribution in [-0.4, -0.2) is 61.8 Å². The second-order valence-corrected chi connectivity index (χ2v) is 10.9. The quantitative estimate of drug-likeness (QED) is 0.430.